The normalized spacial score (nSPS) is 12.2. The van der Waals surface area contributed by atoms with Gasteiger partial charge in [0.15, 0.2) is 0 Å². The van der Waals surface area contributed by atoms with Crippen molar-refractivity contribution in [2.75, 3.05) is 17.4 Å². The number of carbonyl (C=O) groups excluding carboxylic acids is 2. The van der Waals surface area contributed by atoms with Gasteiger partial charge in [0.05, 0.1) is 10.6 Å². The highest BCUT2D eigenvalue weighted by atomic mass is 79.9. The molecule has 0 aliphatic rings. The van der Waals surface area contributed by atoms with Crippen LogP contribution in [0.25, 0.3) is 0 Å². The molecule has 0 spiro atoms. The predicted molar refractivity (Wildman–Crippen MR) is 159 cm³/mol. The number of hydrogen-bond donors (Lipinski definition) is 1. The Morgan fingerprint density at radius 1 is 0.949 bits per heavy atom. The quantitative estimate of drug-likeness (QED) is 0.304. The standard InChI is InChI=1S/C30H36BrN3O4S/c1-6-32-30(36)23(5)33(19-24-8-7-9-26(31)18-24)29(35)20-34(27-14-12-25(13-15-27)21(2)3)39(37,38)28-16-10-22(4)11-17-28/h7-18,21,23H,6,19-20H2,1-5H3,(H,32,36)/t23-/m1/s1. The Balaban J connectivity index is 2.04. The predicted octanol–water partition coefficient (Wildman–Crippen LogP) is 5.63. The van der Waals surface area contributed by atoms with E-state index >= 15 is 0 Å². The number of sulfonamides is 1. The van der Waals surface area contributed by atoms with E-state index in [2.05, 4.69) is 35.1 Å². The summed E-state index contributed by atoms with van der Waals surface area (Å²) in [5.74, 6) is -0.533. The van der Waals surface area contributed by atoms with Gasteiger partial charge in [0.1, 0.15) is 12.6 Å². The van der Waals surface area contributed by atoms with Gasteiger partial charge in [0, 0.05) is 17.6 Å². The van der Waals surface area contributed by atoms with Crippen molar-refractivity contribution < 1.29 is 18.0 Å². The Bertz CT molecular complexity index is 1390. The van der Waals surface area contributed by atoms with E-state index in [0.717, 1.165) is 25.5 Å². The van der Waals surface area contributed by atoms with Crippen molar-refractivity contribution in [1.29, 1.82) is 0 Å². The number of anilines is 1. The van der Waals surface area contributed by atoms with E-state index in [1.807, 2.05) is 50.2 Å². The molecule has 0 bridgehead atoms. The molecule has 0 aliphatic carbocycles. The van der Waals surface area contributed by atoms with Gasteiger partial charge in [-0.05, 0) is 74.2 Å². The van der Waals surface area contributed by atoms with Gasteiger partial charge in [-0.15, -0.1) is 0 Å². The van der Waals surface area contributed by atoms with Crippen LogP contribution in [0.3, 0.4) is 0 Å². The van der Waals surface area contributed by atoms with Crippen LogP contribution < -0.4 is 9.62 Å². The van der Waals surface area contributed by atoms with Gasteiger partial charge in [-0.2, -0.15) is 0 Å². The molecule has 0 saturated heterocycles. The molecule has 39 heavy (non-hydrogen) atoms. The Morgan fingerprint density at radius 3 is 2.15 bits per heavy atom. The highest BCUT2D eigenvalue weighted by Crippen LogP contribution is 2.27. The second-order valence-electron chi connectivity index (χ2n) is 9.79. The number of nitrogens with zero attached hydrogens (tertiary/aromatic N) is 2. The molecular weight excluding hydrogens is 578 g/mol. The lowest BCUT2D eigenvalue weighted by atomic mass is 10.0. The Labute approximate surface area is 240 Å². The fraction of sp³-hybridized carbons (Fsp3) is 0.333. The van der Waals surface area contributed by atoms with E-state index in [4.69, 9.17) is 0 Å². The smallest absolute Gasteiger partial charge is 0.264 e. The van der Waals surface area contributed by atoms with Gasteiger partial charge in [-0.3, -0.25) is 13.9 Å². The van der Waals surface area contributed by atoms with Crippen LogP contribution in [0.1, 0.15) is 50.3 Å². The van der Waals surface area contributed by atoms with Crippen molar-refractivity contribution in [3.63, 3.8) is 0 Å². The summed E-state index contributed by atoms with van der Waals surface area (Å²) in [6, 6.07) is 20.4. The number of nitrogens with one attached hydrogen (secondary N) is 1. The molecular formula is C30H36BrN3O4S. The summed E-state index contributed by atoms with van der Waals surface area (Å²) in [6.45, 7) is 9.54. The van der Waals surface area contributed by atoms with Crippen LogP contribution >= 0.6 is 15.9 Å². The molecule has 9 heteroatoms. The average molecular weight is 615 g/mol. The van der Waals surface area contributed by atoms with E-state index in [1.165, 1.54) is 4.90 Å². The molecule has 0 unspecified atom stereocenters. The zero-order valence-electron chi connectivity index (χ0n) is 23.0. The number of carbonyl (C=O) groups is 2. The summed E-state index contributed by atoms with van der Waals surface area (Å²) in [6.07, 6.45) is 0. The van der Waals surface area contributed by atoms with Gasteiger partial charge in [0.25, 0.3) is 10.0 Å². The summed E-state index contributed by atoms with van der Waals surface area (Å²) in [5.41, 5.74) is 3.16. The van der Waals surface area contributed by atoms with Crippen molar-refractivity contribution in [3.05, 3.63) is 94.0 Å². The van der Waals surface area contributed by atoms with Gasteiger partial charge >= 0.3 is 0 Å². The van der Waals surface area contributed by atoms with E-state index in [-0.39, 0.29) is 23.3 Å². The maximum absolute atomic E-state index is 13.9. The molecule has 3 aromatic rings. The second kappa shape index (κ2) is 13.3. The number of benzene rings is 3. The summed E-state index contributed by atoms with van der Waals surface area (Å²) in [5, 5.41) is 2.77. The number of amides is 2. The zero-order chi connectivity index (χ0) is 28.7. The van der Waals surface area contributed by atoms with Crippen LogP contribution in [-0.4, -0.2) is 44.3 Å². The van der Waals surface area contributed by atoms with E-state index in [1.54, 1.807) is 43.3 Å². The molecule has 208 valence electrons. The molecule has 0 heterocycles. The van der Waals surface area contributed by atoms with E-state index in [9.17, 15) is 18.0 Å². The van der Waals surface area contributed by atoms with Crippen LogP contribution in [0.5, 0.6) is 0 Å². The molecule has 0 fully saturated rings. The first kappa shape index (κ1) is 30.4. The average Bonchev–Trinajstić information content (AvgIpc) is 2.90. The van der Waals surface area contributed by atoms with Gasteiger partial charge in [-0.25, -0.2) is 8.42 Å². The topological polar surface area (TPSA) is 86.8 Å². The number of likely N-dealkylation sites (N-methyl/N-ethyl adjacent to an activating group) is 1. The number of halogens is 1. The van der Waals surface area contributed by atoms with E-state index in [0.29, 0.717) is 12.2 Å². The highest BCUT2D eigenvalue weighted by Gasteiger charge is 2.32. The molecule has 0 saturated carbocycles. The monoisotopic (exact) mass is 613 g/mol. The minimum Gasteiger partial charge on any atom is -0.355 e. The Kier molecular flexibility index (Phi) is 10.3. The van der Waals surface area contributed by atoms with Gasteiger partial charge in [-0.1, -0.05) is 71.7 Å². The maximum Gasteiger partial charge on any atom is 0.264 e. The minimum absolute atomic E-state index is 0.0872. The van der Waals surface area contributed by atoms with Crippen LogP contribution in [0.4, 0.5) is 5.69 Å². The van der Waals surface area contributed by atoms with Gasteiger partial charge in [0.2, 0.25) is 11.8 Å². The minimum atomic E-state index is -4.09. The molecule has 3 rings (SSSR count). The van der Waals surface area contributed by atoms with Crippen LogP contribution in [0, 0.1) is 6.92 Å². The lowest BCUT2D eigenvalue weighted by molar-refractivity contribution is -0.139. The molecule has 7 nitrogen and oxygen atoms in total. The summed E-state index contributed by atoms with van der Waals surface area (Å²) < 4.78 is 29.8. The first-order valence-electron chi connectivity index (χ1n) is 12.9. The van der Waals surface area contributed by atoms with Crippen LogP contribution in [0.15, 0.2) is 82.2 Å². The lowest BCUT2D eigenvalue weighted by Gasteiger charge is -2.32. The first-order chi connectivity index (χ1) is 18.4. The molecule has 2 amide bonds. The maximum atomic E-state index is 13.9. The summed E-state index contributed by atoms with van der Waals surface area (Å²) in [4.78, 5) is 28.2. The third-order valence-electron chi connectivity index (χ3n) is 6.50. The summed E-state index contributed by atoms with van der Waals surface area (Å²) in [7, 11) is -4.09. The third kappa shape index (κ3) is 7.70. The number of rotatable bonds is 11. The zero-order valence-corrected chi connectivity index (χ0v) is 25.4. The Hall–Kier alpha value is -3.17. The van der Waals surface area contributed by atoms with Crippen LogP contribution in [0.2, 0.25) is 0 Å². The first-order valence-corrected chi connectivity index (χ1v) is 15.2. The molecule has 0 radical (unpaired) electrons. The highest BCUT2D eigenvalue weighted by molar-refractivity contribution is 9.10. The molecule has 0 aliphatic heterocycles. The largest absolute Gasteiger partial charge is 0.355 e. The fourth-order valence-electron chi connectivity index (χ4n) is 4.13. The van der Waals surface area contributed by atoms with Crippen molar-refractivity contribution in [2.24, 2.45) is 0 Å². The third-order valence-corrected chi connectivity index (χ3v) is 8.78. The van der Waals surface area contributed by atoms with Crippen molar-refractivity contribution in [2.45, 2.75) is 58.0 Å². The molecule has 3 aromatic carbocycles. The Morgan fingerprint density at radius 2 is 1.59 bits per heavy atom. The van der Waals surface area contributed by atoms with Gasteiger partial charge < -0.3 is 10.2 Å². The van der Waals surface area contributed by atoms with Crippen molar-refractivity contribution >= 4 is 43.5 Å². The van der Waals surface area contributed by atoms with E-state index < -0.39 is 28.5 Å². The fourth-order valence-corrected chi connectivity index (χ4v) is 5.99. The van der Waals surface area contributed by atoms with Crippen molar-refractivity contribution in [3.8, 4) is 0 Å². The SMILES string of the molecule is CCNC(=O)[C@@H](C)N(Cc1cccc(Br)c1)C(=O)CN(c1ccc(C(C)C)cc1)S(=O)(=O)c1ccc(C)cc1. The summed E-state index contributed by atoms with van der Waals surface area (Å²) >= 11 is 3.45. The number of aryl methyl sites for hydroxylation is 1. The molecule has 0 aromatic heterocycles. The van der Waals surface area contributed by atoms with Crippen LogP contribution in [-0.2, 0) is 26.2 Å². The lowest BCUT2D eigenvalue weighted by Crippen LogP contribution is -2.51. The molecule has 1 N–H and O–H groups in total. The number of hydrogen-bond acceptors (Lipinski definition) is 4. The van der Waals surface area contributed by atoms with Crippen molar-refractivity contribution in [1.82, 2.24) is 10.2 Å². The second-order valence-corrected chi connectivity index (χ2v) is 12.6. The molecule has 1 atom stereocenters.